The molecule has 2 aromatic rings. The van der Waals surface area contributed by atoms with E-state index in [9.17, 15) is 9.59 Å². The molecule has 0 fully saturated rings. The number of hydrogen-bond donors (Lipinski definition) is 1. The Morgan fingerprint density at radius 1 is 1.09 bits per heavy atom. The van der Waals surface area contributed by atoms with Gasteiger partial charge in [0, 0.05) is 37.1 Å². The Hall–Kier alpha value is -2.34. The molecule has 1 heterocycles. The van der Waals surface area contributed by atoms with Gasteiger partial charge in [0.25, 0.3) is 0 Å². The summed E-state index contributed by atoms with van der Waals surface area (Å²) < 4.78 is 0. The van der Waals surface area contributed by atoms with E-state index < -0.39 is 0 Å². The van der Waals surface area contributed by atoms with Crippen molar-refractivity contribution in [1.82, 2.24) is 9.88 Å². The summed E-state index contributed by atoms with van der Waals surface area (Å²) in [5.41, 5.74) is 1.65. The largest absolute Gasteiger partial charge is 0.349 e. The first kappa shape index (κ1) is 17.0. The molecule has 0 bridgehead atoms. The summed E-state index contributed by atoms with van der Waals surface area (Å²) in [5, 5.41) is 2.84. The van der Waals surface area contributed by atoms with E-state index in [2.05, 4.69) is 10.3 Å². The summed E-state index contributed by atoms with van der Waals surface area (Å²) in [6, 6.07) is 11.1. The van der Waals surface area contributed by atoms with Crippen molar-refractivity contribution in [3.63, 3.8) is 0 Å². The first-order valence-electron chi connectivity index (χ1n) is 7.16. The molecule has 0 saturated carbocycles. The van der Waals surface area contributed by atoms with Gasteiger partial charge in [0.2, 0.25) is 11.8 Å². The highest BCUT2D eigenvalue weighted by atomic mass is 32.2. The fourth-order valence-electron chi connectivity index (χ4n) is 1.82. The van der Waals surface area contributed by atoms with Gasteiger partial charge in [0.05, 0.1) is 12.2 Å². The van der Waals surface area contributed by atoms with E-state index in [1.165, 1.54) is 11.8 Å². The molecule has 23 heavy (non-hydrogen) atoms. The molecule has 0 saturated heterocycles. The summed E-state index contributed by atoms with van der Waals surface area (Å²) in [7, 11) is 3.47. The lowest BCUT2D eigenvalue weighted by Gasteiger charge is -2.10. The minimum Gasteiger partial charge on any atom is -0.349 e. The van der Waals surface area contributed by atoms with E-state index >= 15 is 0 Å². The highest BCUT2D eigenvalue weighted by Gasteiger charge is 2.07. The lowest BCUT2D eigenvalue weighted by Crippen LogP contribution is -2.23. The Labute approximate surface area is 140 Å². The molecule has 2 rings (SSSR count). The van der Waals surface area contributed by atoms with Gasteiger partial charge in [-0.05, 0) is 29.8 Å². The van der Waals surface area contributed by atoms with Crippen molar-refractivity contribution in [3.05, 3.63) is 54.4 Å². The standard InChI is InChI=1S/C17H19N3O2S/c1-20(2)17(22)11-13-3-5-14(6-4-13)19-16(21)12-23-15-7-9-18-10-8-15/h3-10H,11-12H2,1-2H3,(H,19,21). The lowest BCUT2D eigenvalue weighted by molar-refractivity contribution is -0.128. The van der Waals surface area contributed by atoms with Crippen LogP contribution in [0.4, 0.5) is 5.69 Å². The van der Waals surface area contributed by atoms with Crippen LogP contribution in [0.25, 0.3) is 0 Å². The van der Waals surface area contributed by atoms with Gasteiger partial charge < -0.3 is 10.2 Å². The zero-order valence-electron chi connectivity index (χ0n) is 13.2. The number of likely N-dealkylation sites (N-methyl/N-ethyl adjacent to an activating group) is 1. The molecule has 0 atom stereocenters. The average molecular weight is 329 g/mol. The molecule has 6 heteroatoms. The Kier molecular flexibility index (Phi) is 6.17. The average Bonchev–Trinajstić information content (AvgIpc) is 2.55. The van der Waals surface area contributed by atoms with Crippen molar-refractivity contribution < 1.29 is 9.59 Å². The number of carbonyl (C=O) groups is 2. The van der Waals surface area contributed by atoms with Crippen molar-refractivity contribution in [2.75, 3.05) is 25.2 Å². The van der Waals surface area contributed by atoms with E-state index in [1.54, 1.807) is 31.4 Å². The Morgan fingerprint density at radius 3 is 2.35 bits per heavy atom. The van der Waals surface area contributed by atoms with Crippen LogP contribution < -0.4 is 5.32 Å². The molecule has 0 aliphatic carbocycles. The van der Waals surface area contributed by atoms with Gasteiger partial charge in [-0.3, -0.25) is 14.6 Å². The minimum atomic E-state index is -0.0658. The first-order chi connectivity index (χ1) is 11.0. The number of anilines is 1. The normalized spacial score (nSPS) is 10.2. The van der Waals surface area contributed by atoms with E-state index in [0.29, 0.717) is 12.2 Å². The van der Waals surface area contributed by atoms with Crippen molar-refractivity contribution in [2.45, 2.75) is 11.3 Å². The van der Waals surface area contributed by atoms with E-state index in [4.69, 9.17) is 0 Å². The number of benzene rings is 1. The van der Waals surface area contributed by atoms with Crippen LogP contribution in [-0.4, -0.2) is 41.5 Å². The number of nitrogens with one attached hydrogen (secondary N) is 1. The molecule has 1 aromatic carbocycles. The summed E-state index contributed by atoms with van der Waals surface area (Å²) in [6.07, 6.45) is 3.76. The number of aromatic nitrogens is 1. The monoisotopic (exact) mass is 329 g/mol. The van der Waals surface area contributed by atoms with Gasteiger partial charge in [0.15, 0.2) is 0 Å². The maximum Gasteiger partial charge on any atom is 0.234 e. The maximum atomic E-state index is 11.9. The fraction of sp³-hybridized carbons (Fsp3) is 0.235. The van der Waals surface area contributed by atoms with Crippen LogP contribution in [-0.2, 0) is 16.0 Å². The van der Waals surface area contributed by atoms with Crippen LogP contribution in [0, 0.1) is 0 Å². The molecule has 2 amide bonds. The van der Waals surface area contributed by atoms with Gasteiger partial charge >= 0.3 is 0 Å². The van der Waals surface area contributed by atoms with Crippen molar-refractivity contribution in [2.24, 2.45) is 0 Å². The predicted molar refractivity (Wildman–Crippen MR) is 92.4 cm³/mol. The van der Waals surface area contributed by atoms with Gasteiger partial charge in [-0.1, -0.05) is 12.1 Å². The maximum absolute atomic E-state index is 11.9. The molecule has 1 N–H and O–H groups in total. The summed E-state index contributed by atoms with van der Waals surface area (Å²) in [5.74, 6) is 0.324. The summed E-state index contributed by atoms with van der Waals surface area (Å²) >= 11 is 1.46. The van der Waals surface area contributed by atoms with Gasteiger partial charge in [-0.2, -0.15) is 0 Å². The molecule has 0 aliphatic heterocycles. The number of carbonyl (C=O) groups excluding carboxylic acids is 2. The van der Waals surface area contributed by atoms with E-state index in [0.717, 1.165) is 16.1 Å². The van der Waals surface area contributed by atoms with Gasteiger partial charge in [-0.15, -0.1) is 11.8 Å². The predicted octanol–water partition coefficient (Wildman–Crippen LogP) is 2.44. The third kappa shape index (κ3) is 5.75. The molecule has 0 spiro atoms. The smallest absolute Gasteiger partial charge is 0.234 e. The SMILES string of the molecule is CN(C)C(=O)Cc1ccc(NC(=O)CSc2ccncc2)cc1. The minimum absolute atomic E-state index is 0.0514. The van der Waals surface area contributed by atoms with Crippen molar-refractivity contribution in [1.29, 1.82) is 0 Å². The second kappa shape index (κ2) is 8.33. The second-order valence-corrected chi connectivity index (χ2v) is 6.23. The van der Waals surface area contributed by atoms with Gasteiger partial charge in [0.1, 0.15) is 0 Å². The Morgan fingerprint density at radius 2 is 1.74 bits per heavy atom. The third-order valence-electron chi connectivity index (χ3n) is 3.11. The van der Waals surface area contributed by atoms with E-state index in [-0.39, 0.29) is 11.8 Å². The fourth-order valence-corrected chi connectivity index (χ4v) is 2.50. The van der Waals surface area contributed by atoms with Crippen molar-refractivity contribution >= 4 is 29.3 Å². The Bertz CT molecular complexity index is 657. The second-order valence-electron chi connectivity index (χ2n) is 5.18. The number of amides is 2. The first-order valence-corrected chi connectivity index (χ1v) is 8.15. The molecular weight excluding hydrogens is 310 g/mol. The topological polar surface area (TPSA) is 62.3 Å². The van der Waals surface area contributed by atoms with Crippen LogP contribution in [0.5, 0.6) is 0 Å². The molecule has 5 nitrogen and oxygen atoms in total. The van der Waals surface area contributed by atoms with Crippen LogP contribution in [0.1, 0.15) is 5.56 Å². The number of nitrogens with zero attached hydrogens (tertiary/aromatic N) is 2. The Balaban J connectivity index is 1.83. The molecule has 0 aliphatic rings. The molecule has 120 valence electrons. The van der Waals surface area contributed by atoms with Gasteiger partial charge in [-0.25, -0.2) is 0 Å². The number of hydrogen-bond acceptors (Lipinski definition) is 4. The summed E-state index contributed by atoms with van der Waals surface area (Å²) in [4.78, 5) is 30.1. The molecular formula is C17H19N3O2S. The zero-order chi connectivity index (χ0) is 16.7. The number of pyridine rings is 1. The lowest BCUT2D eigenvalue weighted by atomic mass is 10.1. The highest BCUT2D eigenvalue weighted by Crippen LogP contribution is 2.17. The van der Waals surface area contributed by atoms with Crippen LogP contribution in [0.2, 0.25) is 0 Å². The number of rotatable bonds is 6. The van der Waals surface area contributed by atoms with Crippen LogP contribution in [0.3, 0.4) is 0 Å². The third-order valence-corrected chi connectivity index (χ3v) is 4.12. The van der Waals surface area contributed by atoms with E-state index in [1.807, 2.05) is 36.4 Å². The van der Waals surface area contributed by atoms with Crippen molar-refractivity contribution in [3.8, 4) is 0 Å². The molecule has 0 radical (unpaired) electrons. The quantitative estimate of drug-likeness (QED) is 0.827. The molecule has 0 unspecified atom stereocenters. The summed E-state index contributed by atoms with van der Waals surface area (Å²) in [6.45, 7) is 0. The zero-order valence-corrected chi connectivity index (χ0v) is 14.0. The highest BCUT2D eigenvalue weighted by molar-refractivity contribution is 8.00. The number of thioether (sulfide) groups is 1. The van der Waals surface area contributed by atoms with Crippen LogP contribution >= 0.6 is 11.8 Å². The molecule has 1 aromatic heterocycles. The van der Waals surface area contributed by atoms with Crippen LogP contribution in [0.15, 0.2) is 53.7 Å².